The first-order valence-corrected chi connectivity index (χ1v) is 5.98. The minimum absolute atomic E-state index is 0.594. The molecule has 90 valence electrons. The highest BCUT2D eigenvalue weighted by Crippen LogP contribution is 2.06. The molecule has 0 aliphatic carbocycles. The second-order valence-electron chi connectivity index (χ2n) is 4.36. The zero-order valence-electron chi connectivity index (χ0n) is 10.2. The molecular weight excluding hydrogens is 200 g/mol. The fourth-order valence-electron chi connectivity index (χ4n) is 1.47. The fraction of sp³-hybridized carbons (Fsp3) is 0.667. The Bertz CT molecular complexity index is 299. The van der Waals surface area contributed by atoms with Crippen molar-refractivity contribution < 1.29 is 0 Å². The zero-order valence-corrected chi connectivity index (χ0v) is 10.2. The first kappa shape index (κ1) is 12.9. The van der Waals surface area contributed by atoms with E-state index in [9.17, 15) is 0 Å². The molecule has 0 aliphatic rings. The molecule has 16 heavy (non-hydrogen) atoms. The van der Waals surface area contributed by atoms with Crippen LogP contribution in [0.25, 0.3) is 0 Å². The van der Waals surface area contributed by atoms with Crippen LogP contribution in [0.1, 0.15) is 32.5 Å². The molecular formula is C12H22N4. The van der Waals surface area contributed by atoms with Gasteiger partial charge < -0.3 is 11.1 Å². The molecule has 0 spiro atoms. The minimum Gasteiger partial charge on any atom is -0.370 e. The lowest BCUT2D eigenvalue weighted by Crippen LogP contribution is -2.09. The van der Waals surface area contributed by atoms with Crippen LogP contribution in [0.4, 0.5) is 5.82 Å². The molecule has 1 rings (SSSR count). The normalized spacial score (nSPS) is 10.8. The number of rotatable bonds is 7. The lowest BCUT2D eigenvalue weighted by Gasteiger charge is -2.07. The van der Waals surface area contributed by atoms with Gasteiger partial charge in [-0.25, -0.2) is 9.97 Å². The Morgan fingerprint density at radius 3 is 2.94 bits per heavy atom. The summed E-state index contributed by atoms with van der Waals surface area (Å²) in [6.45, 7) is 6.04. The van der Waals surface area contributed by atoms with Crippen molar-refractivity contribution in [1.29, 1.82) is 0 Å². The van der Waals surface area contributed by atoms with Crippen molar-refractivity contribution in [3.05, 3.63) is 18.1 Å². The van der Waals surface area contributed by atoms with Crippen LogP contribution < -0.4 is 11.1 Å². The third-order valence-electron chi connectivity index (χ3n) is 2.34. The van der Waals surface area contributed by atoms with E-state index in [1.165, 1.54) is 12.8 Å². The molecule has 1 heterocycles. The Kier molecular flexibility index (Phi) is 5.78. The number of hydrogen-bond donors (Lipinski definition) is 2. The fourth-order valence-corrected chi connectivity index (χ4v) is 1.47. The van der Waals surface area contributed by atoms with Gasteiger partial charge in [-0.2, -0.15) is 0 Å². The molecule has 0 radical (unpaired) electrons. The van der Waals surface area contributed by atoms with Crippen molar-refractivity contribution in [1.82, 2.24) is 9.97 Å². The summed E-state index contributed by atoms with van der Waals surface area (Å²) in [6, 6.07) is 1.90. The van der Waals surface area contributed by atoms with Gasteiger partial charge in [0, 0.05) is 19.2 Å². The van der Waals surface area contributed by atoms with Gasteiger partial charge in [-0.15, -0.1) is 0 Å². The van der Waals surface area contributed by atoms with Crippen molar-refractivity contribution in [3.63, 3.8) is 0 Å². The molecule has 0 aromatic carbocycles. The van der Waals surface area contributed by atoms with Crippen LogP contribution in [-0.4, -0.2) is 23.1 Å². The van der Waals surface area contributed by atoms with Crippen molar-refractivity contribution in [3.8, 4) is 0 Å². The van der Waals surface area contributed by atoms with E-state index in [0.29, 0.717) is 6.54 Å². The van der Waals surface area contributed by atoms with E-state index >= 15 is 0 Å². The number of nitrogens with one attached hydrogen (secondary N) is 1. The molecule has 0 aliphatic heterocycles. The Morgan fingerprint density at radius 2 is 2.25 bits per heavy atom. The molecule has 1 aromatic heterocycles. The summed E-state index contributed by atoms with van der Waals surface area (Å²) in [7, 11) is 0. The van der Waals surface area contributed by atoms with Crippen molar-refractivity contribution in [2.75, 3.05) is 18.4 Å². The van der Waals surface area contributed by atoms with E-state index in [1.54, 1.807) is 6.20 Å². The molecule has 4 heteroatoms. The van der Waals surface area contributed by atoms with Crippen LogP contribution in [0.2, 0.25) is 0 Å². The number of nitrogens with zero attached hydrogens (tertiary/aromatic N) is 2. The summed E-state index contributed by atoms with van der Waals surface area (Å²) in [5.41, 5.74) is 5.47. The standard InChI is InChI=1S/C12H22N4/c1-10(2)4-3-8-14-12-6-9-15-11(16-12)5-7-13/h6,9-10H,3-5,7-8,13H2,1-2H3,(H,14,15,16). The Labute approximate surface area is 97.7 Å². The summed E-state index contributed by atoms with van der Waals surface area (Å²) in [6.07, 6.45) is 4.94. The molecule has 0 fully saturated rings. The third-order valence-corrected chi connectivity index (χ3v) is 2.34. The number of nitrogens with two attached hydrogens (primary N) is 1. The maximum Gasteiger partial charge on any atom is 0.131 e. The predicted octanol–water partition coefficient (Wildman–Crippen LogP) is 1.83. The van der Waals surface area contributed by atoms with E-state index in [1.807, 2.05) is 6.07 Å². The number of hydrogen-bond acceptors (Lipinski definition) is 4. The van der Waals surface area contributed by atoms with Gasteiger partial charge >= 0.3 is 0 Å². The van der Waals surface area contributed by atoms with E-state index < -0.39 is 0 Å². The summed E-state index contributed by atoms with van der Waals surface area (Å²) < 4.78 is 0. The van der Waals surface area contributed by atoms with Gasteiger partial charge in [0.05, 0.1) is 0 Å². The number of aromatic nitrogens is 2. The maximum absolute atomic E-state index is 5.47. The minimum atomic E-state index is 0.594. The van der Waals surface area contributed by atoms with Gasteiger partial charge in [-0.3, -0.25) is 0 Å². The molecule has 4 nitrogen and oxygen atoms in total. The SMILES string of the molecule is CC(C)CCCNc1ccnc(CCN)n1. The lowest BCUT2D eigenvalue weighted by molar-refractivity contribution is 0.566. The molecule has 0 unspecified atom stereocenters. The predicted molar refractivity (Wildman–Crippen MR) is 67.4 cm³/mol. The smallest absolute Gasteiger partial charge is 0.131 e. The summed E-state index contributed by atoms with van der Waals surface area (Å²) in [5.74, 6) is 2.48. The van der Waals surface area contributed by atoms with Crippen LogP contribution in [0.5, 0.6) is 0 Å². The van der Waals surface area contributed by atoms with Gasteiger partial charge in [-0.1, -0.05) is 13.8 Å². The molecule has 0 atom stereocenters. The van der Waals surface area contributed by atoms with E-state index in [-0.39, 0.29) is 0 Å². The summed E-state index contributed by atoms with van der Waals surface area (Å²) >= 11 is 0. The van der Waals surface area contributed by atoms with Crippen LogP contribution in [0, 0.1) is 5.92 Å². The van der Waals surface area contributed by atoms with Gasteiger partial charge in [0.15, 0.2) is 0 Å². The Morgan fingerprint density at radius 1 is 1.44 bits per heavy atom. The quantitative estimate of drug-likeness (QED) is 0.691. The Hall–Kier alpha value is -1.16. The molecule has 3 N–H and O–H groups in total. The molecule has 0 saturated heterocycles. The molecule has 0 bridgehead atoms. The topological polar surface area (TPSA) is 63.8 Å². The second kappa shape index (κ2) is 7.17. The van der Waals surface area contributed by atoms with Crippen molar-refractivity contribution in [2.45, 2.75) is 33.1 Å². The van der Waals surface area contributed by atoms with Crippen LogP contribution in [0.3, 0.4) is 0 Å². The maximum atomic E-state index is 5.47. The van der Waals surface area contributed by atoms with E-state index in [2.05, 4.69) is 29.1 Å². The number of anilines is 1. The van der Waals surface area contributed by atoms with Gasteiger partial charge in [0.1, 0.15) is 11.6 Å². The molecule has 0 saturated carbocycles. The first-order valence-electron chi connectivity index (χ1n) is 5.98. The van der Waals surface area contributed by atoms with E-state index in [4.69, 9.17) is 5.73 Å². The van der Waals surface area contributed by atoms with E-state index in [0.717, 1.165) is 30.5 Å². The highest BCUT2D eigenvalue weighted by atomic mass is 15.0. The summed E-state index contributed by atoms with van der Waals surface area (Å²) in [5, 5.41) is 3.31. The van der Waals surface area contributed by atoms with Gasteiger partial charge in [0.2, 0.25) is 0 Å². The average Bonchev–Trinajstić information content (AvgIpc) is 2.25. The molecule has 1 aromatic rings. The lowest BCUT2D eigenvalue weighted by atomic mass is 10.1. The van der Waals surface area contributed by atoms with Gasteiger partial charge in [0.25, 0.3) is 0 Å². The molecule has 0 amide bonds. The summed E-state index contributed by atoms with van der Waals surface area (Å²) in [4.78, 5) is 8.53. The average molecular weight is 222 g/mol. The third kappa shape index (κ3) is 5.07. The van der Waals surface area contributed by atoms with Crippen molar-refractivity contribution >= 4 is 5.82 Å². The van der Waals surface area contributed by atoms with Crippen molar-refractivity contribution in [2.24, 2.45) is 11.7 Å². The highest BCUT2D eigenvalue weighted by Gasteiger charge is 1.98. The van der Waals surface area contributed by atoms with Gasteiger partial charge in [-0.05, 0) is 31.4 Å². The largest absolute Gasteiger partial charge is 0.370 e. The Balaban J connectivity index is 2.33. The highest BCUT2D eigenvalue weighted by molar-refractivity contribution is 5.32. The second-order valence-corrected chi connectivity index (χ2v) is 4.36. The zero-order chi connectivity index (χ0) is 11.8. The van der Waals surface area contributed by atoms with Crippen LogP contribution >= 0.6 is 0 Å². The van der Waals surface area contributed by atoms with Crippen LogP contribution in [-0.2, 0) is 6.42 Å². The van der Waals surface area contributed by atoms with Crippen LogP contribution in [0.15, 0.2) is 12.3 Å². The monoisotopic (exact) mass is 222 g/mol. The first-order chi connectivity index (χ1) is 7.72.